The summed E-state index contributed by atoms with van der Waals surface area (Å²) >= 11 is 1.87. The third-order valence-electron chi connectivity index (χ3n) is 3.85. The Morgan fingerprint density at radius 2 is 2.11 bits per heavy atom. The highest BCUT2D eigenvalue weighted by Gasteiger charge is 2.32. The number of nitrogens with zero attached hydrogens (tertiary/aromatic N) is 1. The lowest BCUT2D eigenvalue weighted by molar-refractivity contribution is 0.521. The molecule has 0 atom stereocenters. The molecule has 0 spiro atoms. The van der Waals surface area contributed by atoms with E-state index in [1.807, 2.05) is 11.3 Å². The summed E-state index contributed by atoms with van der Waals surface area (Å²) in [5.74, 6) is 0. The third kappa shape index (κ3) is 2.21. The van der Waals surface area contributed by atoms with Crippen molar-refractivity contribution in [1.82, 2.24) is 4.98 Å². The maximum Gasteiger partial charge on any atom is 0.0935 e. The van der Waals surface area contributed by atoms with Crippen molar-refractivity contribution in [2.24, 2.45) is 5.73 Å². The molecular weight excluding hydrogens is 252 g/mol. The van der Waals surface area contributed by atoms with Crippen molar-refractivity contribution in [2.45, 2.75) is 38.5 Å². The van der Waals surface area contributed by atoms with E-state index in [1.54, 1.807) is 0 Å². The van der Waals surface area contributed by atoms with Crippen LogP contribution in [0, 0.1) is 0 Å². The van der Waals surface area contributed by atoms with Crippen molar-refractivity contribution in [2.75, 3.05) is 6.54 Å². The molecule has 0 bridgehead atoms. The zero-order valence-electron chi connectivity index (χ0n) is 11.6. The van der Waals surface area contributed by atoms with Crippen LogP contribution in [0.3, 0.4) is 0 Å². The van der Waals surface area contributed by atoms with E-state index in [4.69, 9.17) is 10.7 Å². The van der Waals surface area contributed by atoms with Gasteiger partial charge in [0.2, 0.25) is 0 Å². The molecule has 100 valence electrons. The lowest BCUT2D eigenvalue weighted by Gasteiger charge is -2.31. The number of hydrogen-bond donors (Lipinski definition) is 1. The number of benzene rings is 1. The average Bonchev–Trinajstić information content (AvgIpc) is 2.78. The van der Waals surface area contributed by atoms with Gasteiger partial charge in [-0.3, -0.25) is 0 Å². The number of rotatable bonds is 3. The Morgan fingerprint density at radius 3 is 2.89 bits per heavy atom. The zero-order valence-corrected chi connectivity index (χ0v) is 12.4. The SMILES string of the molecule is CC1(C)Cc2sc(CCCN)nc2-c2ccccc21. The fraction of sp³-hybridized carbons (Fsp3) is 0.438. The fourth-order valence-electron chi connectivity index (χ4n) is 2.87. The Labute approximate surface area is 118 Å². The zero-order chi connectivity index (χ0) is 13.5. The monoisotopic (exact) mass is 272 g/mol. The molecule has 0 unspecified atom stereocenters. The first-order chi connectivity index (χ1) is 9.12. The number of aryl methyl sites for hydroxylation is 1. The van der Waals surface area contributed by atoms with Crippen LogP contribution < -0.4 is 5.73 Å². The number of thiazole rings is 1. The molecule has 3 rings (SSSR count). The van der Waals surface area contributed by atoms with Crippen molar-refractivity contribution < 1.29 is 0 Å². The van der Waals surface area contributed by atoms with Crippen LogP contribution >= 0.6 is 11.3 Å². The molecular formula is C16H20N2S. The van der Waals surface area contributed by atoms with Crippen LogP contribution in [0.2, 0.25) is 0 Å². The van der Waals surface area contributed by atoms with Crippen LogP contribution in [-0.2, 0) is 18.3 Å². The van der Waals surface area contributed by atoms with Crippen molar-refractivity contribution in [3.8, 4) is 11.3 Å². The maximum atomic E-state index is 5.60. The topological polar surface area (TPSA) is 38.9 Å². The van der Waals surface area contributed by atoms with E-state index in [9.17, 15) is 0 Å². The molecule has 0 saturated carbocycles. The van der Waals surface area contributed by atoms with Gasteiger partial charge in [0.1, 0.15) is 0 Å². The molecule has 2 nitrogen and oxygen atoms in total. The molecule has 1 aromatic carbocycles. The maximum absolute atomic E-state index is 5.60. The molecule has 2 N–H and O–H groups in total. The Hall–Kier alpha value is -1.19. The van der Waals surface area contributed by atoms with Crippen LogP contribution in [0.15, 0.2) is 24.3 Å². The normalized spacial score (nSPS) is 15.9. The highest BCUT2D eigenvalue weighted by Crippen LogP contribution is 2.44. The number of aromatic nitrogens is 1. The molecule has 2 aromatic rings. The predicted molar refractivity (Wildman–Crippen MR) is 81.7 cm³/mol. The van der Waals surface area contributed by atoms with Crippen LogP contribution in [0.25, 0.3) is 11.3 Å². The van der Waals surface area contributed by atoms with Gasteiger partial charge in [0, 0.05) is 16.9 Å². The van der Waals surface area contributed by atoms with Gasteiger partial charge in [0.05, 0.1) is 10.7 Å². The summed E-state index contributed by atoms with van der Waals surface area (Å²) in [6.07, 6.45) is 3.13. The first-order valence-electron chi connectivity index (χ1n) is 6.90. The molecule has 0 amide bonds. The second-order valence-corrected chi connectivity index (χ2v) is 7.05. The minimum Gasteiger partial charge on any atom is -0.330 e. The minimum absolute atomic E-state index is 0.210. The molecule has 1 heterocycles. The minimum atomic E-state index is 0.210. The number of fused-ring (bicyclic) bond motifs is 3. The molecule has 0 saturated heterocycles. The molecule has 0 radical (unpaired) electrons. The van der Waals surface area contributed by atoms with Crippen molar-refractivity contribution >= 4 is 11.3 Å². The first kappa shape index (κ1) is 12.8. The lowest BCUT2D eigenvalue weighted by atomic mass is 9.74. The molecule has 3 heteroatoms. The van der Waals surface area contributed by atoms with Gasteiger partial charge in [-0.15, -0.1) is 11.3 Å². The number of hydrogen-bond acceptors (Lipinski definition) is 3. The van der Waals surface area contributed by atoms with Gasteiger partial charge in [0.15, 0.2) is 0 Å². The van der Waals surface area contributed by atoms with E-state index >= 15 is 0 Å². The Balaban J connectivity index is 2.07. The summed E-state index contributed by atoms with van der Waals surface area (Å²) in [6.45, 7) is 5.40. The lowest BCUT2D eigenvalue weighted by Crippen LogP contribution is -2.24. The first-order valence-corrected chi connectivity index (χ1v) is 7.72. The van der Waals surface area contributed by atoms with Gasteiger partial charge in [-0.25, -0.2) is 4.98 Å². The highest BCUT2D eigenvalue weighted by atomic mass is 32.1. The standard InChI is InChI=1S/C16H20N2S/c1-16(2)10-13-15(11-6-3-4-7-12(11)16)18-14(19-13)8-5-9-17/h3-4,6-7H,5,8-10,17H2,1-2H3. The second kappa shape index (κ2) is 4.73. The molecule has 0 aliphatic heterocycles. The van der Waals surface area contributed by atoms with Crippen LogP contribution in [0.4, 0.5) is 0 Å². The van der Waals surface area contributed by atoms with E-state index in [0.717, 1.165) is 25.8 Å². The van der Waals surface area contributed by atoms with E-state index in [-0.39, 0.29) is 5.41 Å². The summed E-state index contributed by atoms with van der Waals surface area (Å²) in [5, 5.41) is 1.24. The van der Waals surface area contributed by atoms with E-state index in [1.165, 1.54) is 26.7 Å². The Kier molecular flexibility index (Phi) is 3.19. The van der Waals surface area contributed by atoms with Gasteiger partial charge in [-0.1, -0.05) is 38.1 Å². The average molecular weight is 272 g/mol. The molecule has 1 aliphatic rings. The molecule has 1 aliphatic carbocycles. The van der Waals surface area contributed by atoms with Crippen LogP contribution in [0.1, 0.15) is 35.7 Å². The van der Waals surface area contributed by atoms with E-state index < -0.39 is 0 Å². The van der Waals surface area contributed by atoms with Crippen molar-refractivity contribution in [1.29, 1.82) is 0 Å². The largest absolute Gasteiger partial charge is 0.330 e. The molecule has 0 fully saturated rings. The summed E-state index contributed by atoms with van der Waals surface area (Å²) < 4.78 is 0. The smallest absolute Gasteiger partial charge is 0.0935 e. The summed E-state index contributed by atoms with van der Waals surface area (Å²) in [4.78, 5) is 6.30. The summed E-state index contributed by atoms with van der Waals surface area (Å²) in [6, 6.07) is 8.70. The third-order valence-corrected chi connectivity index (χ3v) is 4.97. The van der Waals surface area contributed by atoms with Gasteiger partial charge in [-0.2, -0.15) is 0 Å². The highest BCUT2D eigenvalue weighted by molar-refractivity contribution is 7.12. The quantitative estimate of drug-likeness (QED) is 0.928. The van der Waals surface area contributed by atoms with Crippen LogP contribution in [-0.4, -0.2) is 11.5 Å². The summed E-state index contributed by atoms with van der Waals surface area (Å²) in [7, 11) is 0. The Bertz CT molecular complexity index is 599. The predicted octanol–water partition coefficient (Wildman–Crippen LogP) is 3.54. The van der Waals surface area contributed by atoms with E-state index in [0.29, 0.717) is 0 Å². The Morgan fingerprint density at radius 1 is 1.32 bits per heavy atom. The van der Waals surface area contributed by atoms with Crippen molar-refractivity contribution in [3.63, 3.8) is 0 Å². The van der Waals surface area contributed by atoms with Gasteiger partial charge >= 0.3 is 0 Å². The molecule has 1 aromatic heterocycles. The fourth-order valence-corrected chi connectivity index (χ4v) is 4.22. The number of nitrogens with two attached hydrogens (primary N) is 1. The van der Waals surface area contributed by atoms with Crippen molar-refractivity contribution in [3.05, 3.63) is 39.7 Å². The van der Waals surface area contributed by atoms with E-state index in [2.05, 4.69) is 38.1 Å². The van der Waals surface area contributed by atoms with Gasteiger partial charge in [-0.05, 0) is 30.4 Å². The van der Waals surface area contributed by atoms with Gasteiger partial charge < -0.3 is 5.73 Å². The van der Waals surface area contributed by atoms with Gasteiger partial charge in [0.25, 0.3) is 0 Å². The second-order valence-electron chi connectivity index (χ2n) is 5.88. The molecule has 19 heavy (non-hydrogen) atoms. The summed E-state index contributed by atoms with van der Waals surface area (Å²) in [5.41, 5.74) is 9.77. The van der Waals surface area contributed by atoms with Crippen LogP contribution in [0.5, 0.6) is 0 Å².